The molecule has 0 radical (unpaired) electrons. The van der Waals surface area contributed by atoms with Gasteiger partial charge in [0.25, 0.3) is 11.1 Å². The lowest BCUT2D eigenvalue weighted by Crippen LogP contribution is -2.24. The Balaban J connectivity index is 1.90. The quantitative estimate of drug-likeness (QED) is 0.593. The number of likely N-dealkylation sites (N-methyl/N-ethyl adjacent to an activating group) is 1. The first-order valence-corrected chi connectivity index (χ1v) is 9.63. The number of alkyl halides is 2. The fourth-order valence-electron chi connectivity index (χ4n) is 2.29. The van der Waals surface area contributed by atoms with E-state index in [0.717, 1.165) is 23.4 Å². The number of imide groups is 1. The number of benzene rings is 1. The minimum Gasteiger partial charge on any atom is -0.502 e. The van der Waals surface area contributed by atoms with Crippen molar-refractivity contribution >= 4 is 50.9 Å². The maximum absolute atomic E-state index is 14.4. The van der Waals surface area contributed by atoms with Gasteiger partial charge in [-0.2, -0.15) is 8.78 Å². The molecule has 1 fully saturated rings. The SMILES string of the molecule is CN1C(=O)S/C(=C\c2cc(OCC(F)(F)c3cnc(N)nc3)c(O)c(F)c2Br)C1=O. The van der Waals surface area contributed by atoms with Crippen molar-refractivity contribution in [2.75, 3.05) is 19.4 Å². The van der Waals surface area contributed by atoms with Gasteiger partial charge in [-0.25, -0.2) is 14.4 Å². The lowest BCUT2D eigenvalue weighted by molar-refractivity contribution is -0.121. The molecule has 0 bridgehead atoms. The number of nitrogen functional groups attached to an aromatic ring is 1. The molecule has 3 N–H and O–H groups in total. The average Bonchev–Trinajstić information content (AvgIpc) is 2.94. The van der Waals surface area contributed by atoms with E-state index in [4.69, 9.17) is 10.5 Å². The summed E-state index contributed by atoms with van der Waals surface area (Å²) in [5.41, 5.74) is 4.67. The Morgan fingerprint density at radius 3 is 2.57 bits per heavy atom. The zero-order valence-electron chi connectivity index (χ0n) is 15.0. The lowest BCUT2D eigenvalue weighted by Gasteiger charge is -2.18. The van der Waals surface area contributed by atoms with Crippen LogP contribution in [0.4, 0.5) is 23.9 Å². The van der Waals surface area contributed by atoms with Crippen LogP contribution in [0.3, 0.4) is 0 Å². The third-order valence-corrected chi connectivity index (χ3v) is 5.72. The van der Waals surface area contributed by atoms with Gasteiger partial charge in [-0.3, -0.25) is 14.5 Å². The highest BCUT2D eigenvalue weighted by Gasteiger charge is 2.35. The Labute approximate surface area is 180 Å². The molecule has 2 aromatic rings. The molecule has 1 aliphatic rings. The summed E-state index contributed by atoms with van der Waals surface area (Å²) in [6, 6.07) is 1.06. The van der Waals surface area contributed by atoms with Gasteiger partial charge in [0.2, 0.25) is 5.95 Å². The van der Waals surface area contributed by atoms with Crippen LogP contribution in [0.1, 0.15) is 11.1 Å². The molecular formula is C17H12BrF3N4O4S. The summed E-state index contributed by atoms with van der Waals surface area (Å²) in [5, 5.41) is 9.41. The Hall–Kier alpha value is -2.80. The molecule has 1 aromatic heterocycles. The number of carbonyl (C=O) groups excluding carboxylic acids is 2. The topological polar surface area (TPSA) is 119 Å². The highest BCUT2D eigenvalue weighted by atomic mass is 79.9. The molecule has 2 amide bonds. The van der Waals surface area contributed by atoms with Crippen LogP contribution in [0.15, 0.2) is 27.8 Å². The molecular weight excluding hydrogens is 493 g/mol. The zero-order chi connectivity index (χ0) is 22.2. The number of rotatable bonds is 5. The second-order valence-electron chi connectivity index (χ2n) is 6.00. The van der Waals surface area contributed by atoms with E-state index >= 15 is 0 Å². The van der Waals surface area contributed by atoms with Gasteiger partial charge in [-0.15, -0.1) is 0 Å². The molecule has 0 saturated carbocycles. The van der Waals surface area contributed by atoms with Crippen molar-refractivity contribution in [3.8, 4) is 11.5 Å². The summed E-state index contributed by atoms with van der Waals surface area (Å²) in [6.45, 7) is -1.26. The fraction of sp³-hybridized carbons (Fsp3) is 0.176. The summed E-state index contributed by atoms with van der Waals surface area (Å²) in [4.78, 5) is 31.4. The number of nitrogens with two attached hydrogens (primary N) is 1. The molecule has 0 unspecified atom stereocenters. The molecule has 0 aliphatic carbocycles. The van der Waals surface area contributed by atoms with Crippen molar-refractivity contribution < 1.29 is 32.6 Å². The Bertz CT molecular complexity index is 1070. The summed E-state index contributed by atoms with van der Waals surface area (Å²) in [6.07, 6.45) is 2.82. The second-order valence-corrected chi connectivity index (χ2v) is 7.79. The van der Waals surface area contributed by atoms with Gasteiger partial charge >= 0.3 is 5.92 Å². The molecule has 2 heterocycles. The smallest absolute Gasteiger partial charge is 0.309 e. The van der Waals surface area contributed by atoms with Gasteiger partial charge in [-0.05, 0) is 45.4 Å². The van der Waals surface area contributed by atoms with Gasteiger partial charge in [0.1, 0.15) is 0 Å². The molecule has 1 aromatic carbocycles. The molecule has 1 aliphatic heterocycles. The fourth-order valence-corrected chi connectivity index (χ4v) is 3.53. The van der Waals surface area contributed by atoms with Crippen LogP contribution < -0.4 is 10.5 Å². The Morgan fingerprint density at radius 2 is 2.00 bits per heavy atom. The number of ether oxygens (including phenoxy) is 1. The summed E-state index contributed by atoms with van der Waals surface area (Å²) in [5.74, 6) is -7.16. The molecule has 0 atom stereocenters. The van der Waals surface area contributed by atoms with E-state index in [-0.39, 0.29) is 20.9 Å². The van der Waals surface area contributed by atoms with Crippen LogP contribution in [-0.4, -0.2) is 44.8 Å². The van der Waals surface area contributed by atoms with E-state index < -0.39 is 46.6 Å². The predicted octanol–water partition coefficient (Wildman–Crippen LogP) is 3.50. The van der Waals surface area contributed by atoms with Crippen LogP contribution >= 0.6 is 27.7 Å². The molecule has 158 valence electrons. The molecule has 30 heavy (non-hydrogen) atoms. The molecule has 1 saturated heterocycles. The summed E-state index contributed by atoms with van der Waals surface area (Å²) < 4.78 is 47.7. The highest BCUT2D eigenvalue weighted by Crippen LogP contribution is 2.40. The number of nitrogens with zero attached hydrogens (tertiary/aromatic N) is 3. The van der Waals surface area contributed by atoms with Gasteiger partial charge in [0.15, 0.2) is 23.9 Å². The average molecular weight is 505 g/mol. The first-order valence-electron chi connectivity index (χ1n) is 8.02. The minimum atomic E-state index is -3.57. The first-order chi connectivity index (χ1) is 14.0. The number of carbonyl (C=O) groups is 2. The van der Waals surface area contributed by atoms with Crippen molar-refractivity contribution in [2.24, 2.45) is 0 Å². The van der Waals surface area contributed by atoms with Crippen LogP contribution in [0.5, 0.6) is 11.5 Å². The number of thioether (sulfide) groups is 1. The summed E-state index contributed by atoms with van der Waals surface area (Å²) in [7, 11) is 1.28. The molecule has 13 heteroatoms. The first kappa shape index (κ1) is 21.9. The third kappa shape index (κ3) is 4.21. The Morgan fingerprint density at radius 1 is 1.37 bits per heavy atom. The van der Waals surface area contributed by atoms with E-state index in [1.807, 2.05) is 0 Å². The monoisotopic (exact) mass is 504 g/mol. The van der Waals surface area contributed by atoms with Crippen LogP contribution in [-0.2, 0) is 10.7 Å². The van der Waals surface area contributed by atoms with Gasteiger partial charge in [0, 0.05) is 19.4 Å². The number of halogens is 4. The van der Waals surface area contributed by atoms with E-state index in [9.17, 15) is 27.9 Å². The van der Waals surface area contributed by atoms with Crippen molar-refractivity contribution in [3.05, 3.63) is 44.8 Å². The standard InChI is InChI=1S/C17H12BrF3N4O4S/c1-25-14(27)10(30-16(25)28)3-7-2-9(13(26)12(19)11(7)18)29-6-17(20,21)8-4-23-15(22)24-5-8/h2-5,26H,6H2,1H3,(H2,22,23,24)/b10-3-. The van der Waals surface area contributed by atoms with Crippen molar-refractivity contribution in [3.63, 3.8) is 0 Å². The van der Waals surface area contributed by atoms with Gasteiger partial charge < -0.3 is 15.6 Å². The maximum atomic E-state index is 14.4. The van der Waals surface area contributed by atoms with Crippen LogP contribution in [0, 0.1) is 5.82 Å². The van der Waals surface area contributed by atoms with Crippen LogP contribution in [0.25, 0.3) is 6.08 Å². The van der Waals surface area contributed by atoms with E-state index in [1.54, 1.807) is 0 Å². The summed E-state index contributed by atoms with van der Waals surface area (Å²) >= 11 is 3.55. The third-order valence-electron chi connectivity index (χ3n) is 3.95. The van der Waals surface area contributed by atoms with E-state index in [2.05, 4.69) is 25.9 Å². The number of aromatic nitrogens is 2. The van der Waals surface area contributed by atoms with Crippen LogP contribution in [0.2, 0.25) is 0 Å². The number of aromatic hydroxyl groups is 1. The maximum Gasteiger partial charge on any atom is 0.309 e. The predicted molar refractivity (Wildman–Crippen MR) is 105 cm³/mol. The number of anilines is 1. The van der Waals surface area contributed by atoms with E-state index in [0.29, 0.717) is 11.8 Å². The molecule has 0 spiro atoms. The minimum absolute atomic E-state index is 0.00150. The number of phenols is 1. The number of hydrogen-bond acceptors (Lipinski definition) is 8. The normalized spacial score (nSPS) is 15.9. The van der Waals surface area contributed by atoms with Gasteiger partial charge in [-0.1, -0.05) is 0 Å². The van der Waals surface area contributed by atoms with Crippen molar-refractivity contribution in [1.29, 1.82) is 0 Å². The number of hydrogen-bond donors (Lipinski definition) is 2. The number of amides is 2. The van der Waals surface area contributed by atoms with E-state index in [1.165, 1.54) is 13.1 Å². The zero-order valence-corrected chi connectivity index (χ0v) is 17.4. The number of phenolic OH excluding ortho intramolecular Hbond substituents is 1. The highest BCUT2D eigenvalue weighted by molar-refractivity contribution is 9.10. The molecule has 3 rings (SSSR count). The van der Waals surface area contributed by atoms with Crippen molar-refractivity contribution in [1.82, 2.24) is 14.9 Å². The Kier molecular flexibility index (Phi) is 5.94. The van der Waals surface area contributed by atoms with Gasteiger partial charge in [0.05, 0.1) is 14.9 Å². The van der Waals surface area contributed by atoms with Crippen molar-refractivity contribution in [2.45, 2.75) is 5.92 Å². The lowest BCUT2D eigenvalue weighted by atomic mass is 10.1. The largest absolute Gasteiger partial charge is 0.502 e. The second kappa shape index (κ2) is 8.14. The molecule has 8 nitrogen and oxygen atoms in total.